The van der Waals surface area contributed by atoms with E-state index in [1.807, 2.05) is 73.7 Å². The quantitative estimate of drug-likeness (QED) is 0.172. The third-order valence-corrected chi connectivity index (χ3v) is 17.3. The lowest BCUT2D eigenvalue weighted by atomic mass is 9.33. The van der Waals surface area contributed by atoms with E-state index < -0.39 is 57.6 Å². The largest absolute Gasteiger partial charge is 0.519 e. The van der Waals surface area contributed by atoms with Gasteiger partial charge >= 0.3 is 23.9 Å². The first-order valence-electron chi connectivity index (χ1n) is 22.0. The lowest BCUT2D eigenvalue weighted by Crippen LogP contribution is -2.69. The molecule has 5 aliphatic carbocycles. The number of allylic oxidation sites excluding steroid dienone is 2. The maximum Gasteiger partial charge on any atom is 0.519 e. The number of aryl methyl sites for hydroxylation is 1. The van der Waals surface area contributed by atoms with Crippen molar-refractivity contribution in [3.8, 4) is 0 Å². The van der Waals surface area contributed by atoms with Crippen LogP contribution in [0.2, 0.25) is 0 Å². The van der Waals surface area contributed by atoms with Crippen LogP contribution in [0, 0.1) is 57.2 Å². The van der Waals surface area contributed by atoms with E-state index in [-0.39, 0.29) is 52.5 Å². The van der Waals surface area contributed by atoms with E-state index in [0.29, 0.717) is 38.5 Å². The van der Waals surface area contributed by atoms with Gasteiger partial charge < -0.3 is 28.4 Å². The van der Waals surface area contributed by atoms with Gasteiger partial charge in [-0.15, -0.1) is 0 Å². The Kier molecular flexibility index (Phi) is 10.6. The van der Waals surface area contributed by atoms with Gasteiger partial charge in [-0.2, -0.15) is 0 Å². The Balaban J connectivity index is 1.12. The van der Waals surface area contributed by atoms with Crippen LogP contribution in [0.25, 0.3) is 0 Å². The number of ketones is 1. The lowest BCUT2D eigenvalue weighted by Gasteiger charge is -2.70. The maximum atomic E-state index is 15.2. The average molecular weight is 836 g/mol. The Labute approximate surface area is 358 Å². The van der Waals surface area contributed by atoms with Crippen molar-refractivity contribution < 1.29 is 42.2 Å². The molecule has 10 atom stereocenters. The summed E-state index contributed by atoms with van der Waals surface area (Å²) in [6.07, 6.45) is 7.13. The van der Waals surface area contributed by atoms with Gasteiger partial charge in [-0.3, -0.25) is 14.4 Å². The molecule has 0 saturated heterocycles. The molecule has 1 heterocycles. The van der Waals surface area contributed by atoms with Crippen LogP contribution < -0.4 is 11.1 Å². The van der Waals surface area contributed by atoms with Crippen molar-refractivity contribution in [2.75, 3.05) is 7.11 Å². The minimum atomic E-state index is -1.25. The number of methoxy groups -OCH3 is 1. The van der Waals surface area contributed by atoms with E-state index in [1.165, 1.54) is 7.11 Å². The number of fused-ring (bicyclic) bond motifs is 7. The zero-order chi connectivity index (χ0) is 43.8. The zero-order valence-electron chi connectivity index (χ0n) is 36.9. The van der Waals surface area contributed by atoms with Crippen molar-refractivity contribution in [2.45, 2.75) is 125 Å². The Morgan fingerprint density at radius 3 is 2.05 bits per heavy atom. The highest BCUT2D eigenvalue weighted by Crippen LogP contribution is 2.75. The number of ether oxygens (including phenoxy) is 3. The minimum Gasteiger partial charge on any atom is -0.457 e. The number of rotatable bonds is 8. The van der Waals surface area contributed by atoms with Gasteiger partial charge in [0.2, 0.25) is 0 Å². The molecule has 1 aromatic heterocycles. The molecule has 0 aliphatic heterocycles. The van der Waals surface area contributed by atoms with Crippen molar-refractivity contribution in [3.05, 3.63) is 106 Å². The molecular weight excluding hydrogens is 775 g/mol. The van der Waals surface area contributed by atoms with Gasteiger partial charge in [-0.25, -0.2) is 9.59 Å². The van der Waals surface area contributed by atoms with E-state index in [4.69, 9.17) is 23.0 Å². The van der Waals surface area contributed by atoms with Gasteiger partial charge in [0.1, 0.15) is 0 Å². The molecule has 11 heteroatoms. The average Bonchev–Trinajstić information content (AvgIpc) is 3.57. The second kappa shape index (κ2) is 15.2. The van der Waals surface area contributed by atoms with Crippen molar-refractivity contribution in [3.63, 3.8) is 0 Å². The first-order chi connectivity index (χ1) is 28.8. The molecule has 0 spiro atoms. The van der Waals surface area contributed by atoms with E-state index in [2.05, 4.69) is 39.9 Å². The number of nitrogens with one attached hydrogen (secondary N) is 1. The summed E-state index contributed by atoms with van der Waals surface area (Å²) in [6.45, 7) is 14.3. The summed E-state index contributed by atoms with van der Waals surface area (Å²) in [6, 6.07) is 19.1. The number of hydrogen-bond acceptors (Lipinski definition) is 10. The van der Waals surface area contributed by atoms with Gasteiger partial charge in [0.05, 0.1) is 17.9 Å². The number of benzene rings is 2. The molecule has 8 rings (SSSR count). The Bertz CT molecular complexity index is 2260. The molecule has 0 unspecified atom stereocenters. The van der Waals surface area contributed by atoms with Gasteiger partial charge in [0.25, 0.3) is 0 Å². The molecule has 1 amide bonds. The molecule has 61 heavy (non-hydrogen) atoms. The summed E-state index contributed by atoms with van der Waals surface area (Å²) < 4.78 is 27.6. The second-order valence-electron chi connectivity index (χ2n) is 20.4. The van der Waals surface area contributed by atoms with Crippen LogP contribution in [-0.4, -0.2) is 37.0 Å². The molecule has 326 valence electrons. The maximum absolute atomic E-state index is 15.2. The molecule has 2 aromatic carbocycles. The smallest absolute Gasteiger partial charge is 0.457 e. The highest BCUT2D eigenvalue weighted by molar-refractivity contribution is 5.96. The van der Waals surface area contributed by atoms with Gasteiger partial charge in [0.15, 0.2) is 30.0 Å². The fourth-order valence-corrected chi connectivity index (χ4v) is 13.4. The molecule has 4 fully saturated rings. The normalized spacial score (nSPS) is 36.6. The van der Waals surface area contributed by atoms with E-state index in [0.717, 1.165) is 36.0 Å². The molecular formula is C50H61NO10. The third-order valence-electron chi connectivity index (χ3n) is 17.3. The number of amides is 1. The first kappa shape index (κ1) is 42.7. The molecule has 11 nitrogen and oxygen atoms in total. The molecule has 0 radical (unpaired) electrons. The van der Waals surface area contributed by atoms with Gasteiger partial charge in [-0.05, 0) is 129 Å². The van der Waals surface area contributed by atoms with Crippen LogP contribution in [0.5, 0.6) is 0 Å². The second-order valence-corrected chi connectivity index (χ2v) is 20.4. The van der Waals surface area contributed by atoms with E-state index in [1.54, 1.807) is 6.92 Å². The first-order valence-corrected chi connectivity index (χ1v) is 22.0. The van der Waals surface area contributed by atoms with Gasteiger partial charge in [-0.1, -0.05) is 93.9 Å². The Morgan fingerprint density at radius 1 is 0.803 bits per heavy atom. The van der Waals surface area contributed by atoms with Crippen LogP contribution in [0.1, 0.15) is 128 Å². The van der Waals surface area contributed by atoms with Crippen LogP contribution in [0.3, 0.4) is 0 Å². The highest BCUT2D eigenvalue weighted by atomic mass is 16.6. The lowest BCUT2D eigenvalue weighted by molar-refractivity contribution is -0.205. The van der Waals surface area contributed by atoms with Crippen molar-refractivity contribution in [2.24, 2.45) is 50.2 Å². The van der Waals surface area contributed by atoms with Crippen LogP contribution >= 0.6 is 0 Å². The number of alkyl carbamates (subject to hydrolysis) is 1. The molecule has 0 bridgehead atoms. The molecule has 1 N–H and O–H groups in total. The third kappa shape index (κ3) is 6.71. The summed E-state index contributed by atoms with van der Waals surface area (Å²) in [7, 11) is 1.29. The fraction of sp³-hybridized carbons (Fsp3) is 0.580. The Morgan fingerprint density at radius 2 is 1.44 bits per heavy atom. The van der Waals surface area contributed by atoms with Crippen LogP contribution in [0.15, 0.2) is 85.9 Å². The molecule has 5 aliphatic rings. The van der Waals surface area contributed by atoms with Crippen LogP contribution in [0.4, 0.5) is 4.79 Å². The minimum absolute atomic E-state index is 0.00312. The van der Waals surface area contributed by atoms with E-state index in [9.17, 15) is 19.2 Å². The van der Waals surface area contributed by atoms with Crippen molar-refractivity contribution in [1.82, 2.24) is 5.32 Å². The molecule has 4 saturated carbocycles. The van der Waals surface area contributed by atoms with E-state index >= 15 is 4.79 Å². The summed E-state index contributed by atoms with van der Waals surface area (Å²) in [5.41, 5.74) is -0.538. The number of carbonyl (C=O) groups excluding carboxylic acids is 4. The van der Waals surface area contributed by atoms with Crippen molar-refractivity contribution >= 4 is 23.8 Å². The van der Waals surface area contributed by atoms with Crippen molar-refractivity contribution in [1.29, 1.82) is 0 Å². The zero-order valence-corrected chi connectivity index (χ0v) is 36.9. The van der Waals surface area contributed by atoms with Gasteiger partial charge in [0, 0.05) is 12.0 Å². The standard InChI is InChI=1S/C50H61NO10/c1-30-36(60-44(56)59-30)29-58-42(54)50(7)37-19-22-49(6)40(47(37,4)21-20-38(50)51-43(55)57-8)35(52)27-33-34-28-46(3,24-23-45(34,2)25-26-48(33,49)5)41(53)61-39(31-15-11-9-12-16-31)32-17-13-10-14-18-32/h9-18,27,34,37-40H,19-26,28-29H2,1-8H3,(H,51,55)/t34-,37+,38-,40+,45+,46-,47-,48+,49+,50-/m0/s1. The summed E-state index contributed by atoms with van der Waals surface area (Å²) in [5, 5.41) is 2.94. The highest BCUT2D eigenvalue weighted by Gasteiger charge is 2.72. The number of hydrogen-bond donors (Lipinski definition) is 1. The summed E-state index contributed by atoms with van der Waals surface area (Å²) in [4.78, 5) is 68.9. The summed E-state index contributed by atoms with van der Waals surface area (Å²) >= 11 is 0. The van der Waals surface area contributed by atoms with Crippen LogP contribution in [-0.2, 0) is 35.2 Å². The fourth-order valence-electron chi connectivity index (χ4n) is 13.4. The topological polar surface area (TPSA) is 151 Å². The molecule has 3 aromatic rings. The number of esters is 2. The Hall–Kier alpha value is -4.93. The summed E-state index contributed by atoms with van der Waals surface area (Å²) in [5.74, 6) is -1.98. The number of carbonyl (C=O) groups is 4. The SMILES string of the molecule is COC(=O)N[C@H]1CC[C@@]2(C)[C@@H](CC[C@]3(C)[C@@H]2C(=O)C=C2[C@@H]4C[C@@](C)(C(=O)OC(c5ccccc5)c5ccccc5)CC[C@]4(C)CC[C@]23C)[C@]1(C)C(=O)OCc1oc(=O)oc1C. The predicted molar refractivity (Wildman–Crippen MR) is 226 cm³/mol. The monoisotopic (exact) mass is 835 g/mol. The predicted octanol–water partition coefficient (Wildman–Crippen LogP) is 9.60.